The van der Waals surface area contributed by atoms with Crippen molar-refractivity contribution in [2.45, 2.75) is 0 Å². The lowest BCUT2D eigenvalue weighted by molar-refractivity contribution is 0.0258. The summed E-state index contributed by atoms with van der Waals surface area (Å²) in [4.78, 5) is 2.06. The van der Waals surface area contributed by atoms with Crippen molar-refractivity contribution in [3.8, 4) is 0 Å². The highest BCUT2D eigenvalue weighted by atomic mass is 32.2. The van der Waals surface area contributed by atoms with Gasteiger partial charge >= 0.3 is 0 Å². The molecule has 1 heterocycles. The van der Waals surface area contributed by atoms with E-state index in [2.05, 4.69) is 4.90 Å². The molecule has 0 spiro atoms. The van der Waals surface area contributed by atoms with Crippen molar-refractivity contribution in [3.05, 3.63) is 0 Å². The van der Waals surface area contributed by atoms with E-state index in [-0.39, 0.29) is 0 Å². The van der Waals surface area contributed by atoms with E-state index in [0.29, 0.717) is 19.9 Å². The predicted molar refractivity (Wildman–Crippen MR) is 49.9 cm³/mol. The van der Waals surface area contributed by atoms with E-state index in [9.17, 15) is 8.42 Å². The Morgan fingerprint density at radius 3 is 2.38 bits per heavy atom. The Morgan fingerprint density at radius 1 is 1.38 bits per heavy atom. The smallest absolute Gasteiger partial charge is 0.212 e. The molecule has 0 amide bonds. The van der Waals surface area contributed by atoms with Crippen LogP contribution in [0.3, 0.4) is 0 Å². The molecular weight excluding hydrogens is 192 g/mol. The first-order valence-electron chi connectivity index (χ1n) is 4.21. The second-order valence-corrected chi connectivity index (χ2v) is 5.32. The Morgan fingerprint density at radius 2 is 1.92 bits per heavy atom. The quantitative estimate of drug-likeness (QED) is 0.607. The third-order valence-corrected chi connectivity index (χ3v) is 3.32. The maximum absolute atomic E-state index is 11.1. The molecule has 1 saturated heterocycles. The van der Waals surface area contributed by atoms with Crippen LogP contribution in [0.2, 0.25) is 0 Å². The van der Waals surface area contributed by atoms with Gasteiger partial charge in [-0.25, -0.2) is 8.42 Å². The molecule has 0 radical (unpaired) electrons. The molecule has 0 saturated carbocycles. The monoisotopic (exact) mass is 208 g/mol. The van der Waals surface area contributed by atoms with Gasteiger partial charge in [-0.3, -0.25) is 4.90 Å². The molecule has 0 aliphatic carbocycles. The lowest BCUT2D eigenvalue weighted by atomic mass is 10.4. The van der Waals surface area contributed by atoms with Gasteiger partial charge in [-0.2, -0.15) is 4.31 Å². The molecule has 1 fully saturated rings. The van der Waals surface area contributed by atoms with Crippen LogP contribution in [0.4, 0.5) is 0 Å². The summed E-state index contributed by atoms with van der Waals surface area (Å²) in [6.45, 7) is 3.46. The lowest BCUT2D eigenvalue weighted by Gasteiger charge is -2.29. The zero-order chi connectivity index (χ0) is 9.90. The van der Waals surface area contributed by atoms with Crippen LogP contribution in [0, 0.1) is 0 Å². The second kappa shape index (κ2) is 4.36. The highest BCUT2D eigenvalue weighted by molar-refractivity contribution is 7.88. The summed E-state index contributed by atoms with van der Waals surface area (Å²) in [5, 5.41) is 0. The maximum Gasteiger partial charge on any atom is 0.212 e. The van der Waals surface area contributed by atoms with Gasteiger partial charge in [0, 0.05) is 20.1 Å². The number of morpholine rings is 1. The van der Waals surface area contributed by atoms with Crippen molar-refractivity contribution in [1.29, 1.82) is 0 Å². The highest BCUT2D eigenvalue weighted by Crippen LogP contribution is 2.00. The molecule has 1 aliphatic rings. The number of rotatable bonds is 3. The summed E-state index contributed by atoms with van der Waals surface area (Å²) < 4.78 is 28.6. The average molecular weight is 208 g/mol. The van der Waals surface area contributed by atoms with Crippen molar-refractivity contribution >= 4 is 10.0 Å². The van der Waals surface area contributed by atoms with Crippen LogP contribution in [0.1, 0.15) is 0 Å². The van der Waals surface area contributed by atoms with Crippen LogP contribution in [-0.2, 0) is 14.8 Å². The van der Waals surface area contributed by atoms with Crippen molar-refractivity contribution in [1.82, 2.24) is 9.21 Å². The van der Waals surface area contributed by atoms with Crippen LogP contribution in [0.5, 0.6) is 0 Å². The molecule has 0 aromatic rings. The van der Waals surface area contributed by atoms with Gasteiger partial charge in [-0.1, -0.05) is 0 Å². The first-order valence-corrected chi connectivity index (χ1v) is 6.06. The first kappa shape index (κ1) is 10.9. The van der Waals surface area contributed by atoms with E-state index >= 15 is 0 Å². The predicted octanol–water partition coefficient (Wildman–Crippen LogP) is -0.832. The average Bonchev–Trinajstić information content (AvgIpc) is 2.04. The minimum atomic E-state index is -3.05. The summed E-state index contributed by atoms with van der Waals surface area (Å²) >= 11 is 0. The van der Waals surface area contributed by atoms with E-state index in [0.717, 1.165) is 13.1 Å². The van der Waals surface area contributed by atoms with Crippen LogP contribution in [0.25, 0.3) is 0 Å². The van der Waals surface area contributed by atoms with Gasteiger partial charge < -0.3 is 4.74 Å². The summed E-state index contributed by atoms with van der Waals surface area (Å²) in [6, 6.07) is 0. The molecule has 1 rings (SSSR count). The van der Waals surface area contributed by atoms with E-state index in [1.54, 1.807) is 7.05 Å². The number of sulfonamides is 1. The number of hydrogen-bond donors (Lipinski definition) is 0. The summed E-state index contributed by atoms with van der Waals surface area (Å²) in [5.74, 6) is 0. The Bertz CT molecular complexity index is 246. The van der Waals surface area contributed by atoms with Crippen molar-refractivity contribution in [2.75, 3.05) is 46.3 Å². The molecular formula is C7H16N2O3S. The highest BCUT2D eigenvalue weighted by Gasteiger charge is 2.17. The van der Waals surface area contributed by atoms with E-state index in [4.69, 9.17) is 4.74 Å². The van der Waals surface area contributed by atoms with Gasteiger partial charge in [0.1, 0.15) is 0 Å². The fourth-order valence-electron chi connectivity index (χ4n) is 1.13. The number of ether oxygens (including phenoxy) is 1. The van der Waals surface area contributed by atoms with Gasteiger partial charge in [0.25, 0.3) is 0 Å². The third kappa shape index (κ3) is 3.60. The molecule has 1 aliphatic heterocycles. The molecule has 13 heavy (non-hydrogen) atoms. The fraction of sp³-hybridized carbons (Fsp3) is 1.00. The van der Waals surface area contributed by atoms with E-state index in [1.807, 2.05) is 0 Å². The Labute approximate surface area is 79.3 Å². The topological polar surface area (TPSA) is 49.9 Å². The fourth-order valence-corrected chi connectivity index (χ4v) is 1.50. The van der Waals surface area contributed by atoms with Crippen LogP contribution in [0.15, 0.2) is 0 Å². The van der Waals surface area contributed by atoms with Crippen molar-refractivity contribution < 1.29 is 13.2 Å². The third-order valence-electron chi connectivity index (χ3n) is 2.07. The van der Waals surface area contributed by atoms with Gasteiger partial charge in [0.2, 0.25) is 10.0 Å². The van der Waals surface area contributed by atoms with Gasteiger partial charge in [0.15, 0.2) is 0 Å². The molecule has 0 atom stereocenters. The van der Waals surface area contributed by atoms with E-state index < -0.39 is 10.0 Å². The Balaban J connectivity index is 2.39. The molecule has 78 valence electrons. The summed E-state index contributed by atoms with van der Waals surface area (Å²) in [6.07, 6.45) is 1.22. The van der Waals surface area contributed by atoms with Crippen molar-refractivity contribution in [2.24, 2.45) is 0 Å². The van der Waals surface area contributed by atoms with Crippen molar-refractivity contribution in [3.63, 3.8) is 0 Å². The van der Waals surface area contributed by atoms with Gasteiger partial charge in [0.05, 0.1) is 26.1 Å². The largest absolute Gasteiger partial charge is 0.379 e. The molecule has 5 nitrogen and oxygen atoms in total. The SMILES string of the molecule is CN(CN1CCOCC1)S(C)(=O)=O. The number of nitrogens with zero attached hydrogens (tertiary/aromatic N) is 2. The Hall–Kier alpha value is -0.170. The lowest BCUT2D eigenvalue weighted by Crippen LogP contribution is -2.44. The molecule has 0 bridgehead atoms. The molecule has 0 unspecified atom stereocenters. The normalized spacial score (nSPS) is 20.8. The molecule has 0 aromatic carbocycles. The van der Waals surface area contributed by atoms with E-state index in [1.165, 1.54) is 10.6 Å². The Kier molecular flexibility index (Phi) is 3.66. The van der Waals surface area contributed by atoms with Gasteiger partial charge in [-0.05, 0) is 0 Å². The zero-order valence-electron chi connectivity index (χ0n) is 8.06. The zero-order valence-corrected chi connectivity index (χ0v) is 8.88. The van der Waals surface area contributed by atoms with Gasteiger partial charge in [-0.15, -0.1) is 0 Å². The number of hydrogen-bond acceptors (Lipinski definition) is 4. The van der Waals surface area contributed by atoms with Crippen LogP contribution < -0.4 is 0 Å². The summed E-state index contributed by atoms with van der Waals surface area (Å²) in [5.41, 5.74) is 0. The molecule has 6 heteroatoms. The van der Waals surface area contributed by atoms with Crippen LogP contribution in [-0.4, -0.2) is 63.9 Å². The minimum absolute atomic E-state index is 0.461. The van der Waals surface area contributed by atoms with Crippen LogP contribution >= 0.6 is 0 Å². The second-order valence-electron chi connectivity index (χ2n) is 3.23. The minimum Gasteiger partial charge on any atom is -0.379 e. The maximum atomic E-state index is 11.1. The molecule has 0 N–H and O–H groups in total. The summed E-state index contributed by atoms with van der Waals surface area (Å²) in [7, 11) is -1.46. The standard InChI is InChI=1S/C7H16N2O3S/c1-8(13(2,10)11)7-9-3-5-12-6-4-9/h3-7H2,1-2H3. The molecule has 0 aromatic heterocycles. The first-order chi connectivity index (χ1) is 6.00.